The lowest BCUT2D eigenvalue weighted by molar-refractivity contribution is -0.113. The molecule has 2 aromatic carbocycles. The Morgan fingerprint density at radius 2 is 1.81 bits per heavy atom. The molecule has 2 amide bonds. The summed E-state index contributed by atoms with van der Waals surface area (Å²) in [5.74, 6) is -0.141. The molecule has 0 spiro atoms. The van der Waals surface area contributed by atoms with Crippen LogP contribution in [0.1, 0.15) is 36.1 Å². The fourth-order valence-electron chi connectivity index (χ4n) is 2.83. The summed E-state index contributed by atoms with van der Waals surface area (Å²) >= 11 is 4.63. The molecule has 31 heavy (non-hydrogen) atoms. The van der Waals surface area contributed by atoms with Gasteiger partial charge in [-0.2, -0.15) is 0 Å². The number of anilines is 1. The number of benzene rings is 2. The fraction of sp³-hybridized carbons (Fsp3) is 0.238. The highest BCUT2D eigenvalue weighted by molar-refractivity contribution is 9.10. The summed E-state index contributed by atoms with van der Waals surface area (Å²) in [6.07, 6.45) is 0. The lowest BCUT2D eigenvalue weighted by atomic mass is 10.2. The number of aromatic nitrogens is 3. The van der Waals surface area contributed by atoms with Crippen molar-refractivity contribution in [3.63, 3.8) is 0 Å². The molecular weight excluding hydrogens is 485 g/mol. The van der Waals surface area contributed by atoms with Crippen LogP contribution in [-0.4, -0.2) is 32.3 Å². The normalized spacial score (nSPS) is 11.7. The van der Waals surface area contributed by atoms with Crippen LogP contribution in [0, 0.1) is 5.82 Å². The van der Waals surface area contributed by atoms with E-state index >= 15 is 0 Å². The Labute approximate surface area is 192 Å². The van der Waals surface area contributed by atoms with Crippen LogP contribution in [0.15, 0.2) is 58.2 Å². The molecule has 162 valence electrons. The molecule has 0 radical (unpaired) electrons. The molecule has 1 atom stereocenters. The monoisotopic (exact) mass is 505 g/mol. The average Bonchev–Trinajstić information content (AvgIpc) is 3.17. The van der Waals surface area contributed by atoms with Gasteiger partial charge >= 0.3 is 0 Å². The summed E-state index contributed by atoms with van der Waals surface area (Å²) < 4.78 is 15.8. The van der Waals surface area contributed by atoms with Crippen molar-refractivity contribution in [3.8, 4) is 0 Å². The van der Waals surface area contributed by atoms with Crippen molar-refractivity contribution < 1.29 is 14.0 Å². The van der Waals surface area contributed by atoms with Gasteiger partial charge in [-0.25, -0.2) is 4.39 Å². The van der Waals surface area contributed by atoms with Crippen LogP contribution < -0.4 is 10.6 Å². The van der Waals surface area contributed by atoms with Crippen molar-refractivity contribution in [2.45, 2.75) is 31.6 Å². The van der Waals surface area contributed by atoms with Gasteiger partial charge in [0.05, 0.1) is 11.8 Å². The number of rotatable bonds is 8. The largest absolute Gasteiger partial charge is 0.342 e. The van der Waals surface area contributed by atoms with E-state index < -0.39 is 11.9 Å². The number of hydrogen-bond donors (Lipinski definition) is 2. The van der Waals surface area contributed by atoms with E-state index in [-0.39, 0.29) is 17.6 Å². The van der Waals surface area contributed by atoms with Gasteiger partial charge < -0.3 is 15.2 Å². The van der Waals surface area contributed by atoms with Gasteiger partial charge in [-0.15, -0.1) is 10.2 Å². The summed E-state index contributed by atoms with van der Waals surface area (Å²) in [5.41, 5.74) is 1.07. The lowest BCUT2D eigenvalue weighted by Crippen LogP contribution is -2.28. The molecule has 0 fully saturated rings. The maximum absolute atomic E-state index is 13.1. The average molecular weight is 506 g/mol. The van der Waals surface area contributed by atoms with Crippen LogP contribution in [0.5, 0.6) is 0 Å². The van der Waals surface area contributed by atoms with Gasteiger partial charge in [0.25, 0.3) is 5.91 Å². The smallest absolute Gasteiger partial charge is 0.251 e. The van der Waals surface area contributed by atoms with E-state index in [1.807, 2.05) is 35.8 Å². The number of nitrogens with one attached hydrogen (secondary N) is 2. The molecule has 0 aliphatic carbocycles. The Morgan fingerprint density at radius 1 is 1.13 bits per heavy atom. The van der Waals surface area contributed by atoms with Crippen LogP contribution >= 0.6 is 27.7 Å². The van der Waals surface area contributed by atoms with Crippen molar-refractivity contribution in [2.75, 3.05) is 11.1 Å². The Hall–Kier alpha value is -2.72. The predicted molar refractivity (Wildman–Crippen MR) is 121 cm³/mol. The predicted octanol–water partition coefficient (Wildman–Crippen LogP) is 4.42. The highest BCUT2D eigenvalue weighted by Gasteiger charge is 2.20. The Kier molecular flexibility index (Phi) is 7.80. The summed E-state index contributed by atoms with van der Waals surface area (Å²) in [4.78, 5) is 24.7. The number of amides is 2. The zero-order chi connectivity index (χ0) is 22.4. The second kappa shape index (κ2) is 10.5. The molecule has 1 aromatic heterocycles. The summed E-state index contributed by atoms with van der Waals surface area (Å²) in [6, 6.07) is 12.2. The first-order valence-corrected chi connectivity index (χ1v) is 11.3. The van der Waals surface area contributed by atoms with E-state index in [0.717, 1.165) is 4.47 Å². The van der Waals surface area contributed by atoms with Gasteiger partial charge in [-0.05, 0) is 62.4 Å². The standard InChI is InChI=1S/C21H21BrFN5O2S/c1-3-28-19(13(2)24-20(30)14-4-8-16(23)9-5-14)26-27-21(28)31-12-18(29)25-17-10-6-15(22)7-11-17/h4-11,13H,3,12H2,1-2H3,(H,24,30)(H,25,29)/t13-/m1/s1. The van der Waals surface area contributed by atoms with Gasteiger partial charge in [-0.1, -0.05) is 27.7 Å². The first kappa shape index (κ1) is 23.0. The minimum absolute atomic E-state index is 0.155. The van der Waals surface area contributed by atoms with Gasteiger partial charge in [0.2, 0.25) is 5.91 Å². The second-order valence-corrected chi connectivity index (χ2v) is 8.49. The fourth-order valence-corrected chi connectivity index (χ4v) is 3.90. The van der Waals surface area contributed by atoms with E-state index in [0.29, 0.717) is 28.8 Å². The van der Waals surface area contributed by atoms with Gasteiger partial charge in [0, 0.05) is 22.3 Å². The van der Waals surface area contributed by atoms with Crippen LogP contribution in [0.2, 0.25) is 0 Å². The third-order valence-electron chi connectivity index (χ3n) is 4.36. The Bertz CT molecular complexity index is 1060. The van der Waals surface area contributed by atoms with Crippen LogP contribution in [0.25, 0.3) is 0 Å². The van der Waals surface area contributed by atoms with Crippen molar-refractivity contribution in [1.29, 1.82) is 0 Å². The molecule has 2 N–H and O–H groups in total. The summed E-state index contributed by atoms with van der Waals surface area (Å²) in [6.45, 7) is 4.31. The SMILES string of the molecule is CCn1c(SCC(=O)Nc2ccc(Br)cc2)nnc1[C@@H](C)NC(=O)c1ccc(F)cc1. The van der Waals surface area contributed by atoms with Crippen LogP contribution in [-0.2, 0) is 11.3 Å². The number of thioether (sulfide) groups is 1. The molecule has 3 rings (SSSR count). The number of carbonyl (C=O) groups excluding carboxylic acids is 2. The zero-order valence-electron chi connectivity index (χ0n) is 16.9. The number of carbonyl (C=O) groups is 2. The van der Waals surface area contributed by atoms with Gasteiger partial charge in [-0.3, -0.25) is 9.59 Å². The maximum Gasteiger partial charge on any atom is 0.251 e. The molecule has 0 unspecified atom stereocenters. The van der Waals surface area contributed by atoms with Crippen molar-refractivity contribution in [2.24, 2.45) is 0 Å². The number of hydrogen-bond acceptors (Lipinski definition) is 5. The molecule has 0 saturated heterocycles. The quantitative estimate of drug-likeness (QED) is 0.442. The molecular formula is C21H21BrFN5O2S. The first-order valence-electron chi connectivity index (χ1n) is 9.55. The van der Waals surface area contributed by atoms with E-state index in [1.54, 1.807) is 6.92 Å². The van der Waals surface area contributed by atoms with Crippen molar-refractivity contribution >= 4 is 45.2 Å². The molecule has 0 aliphatic heterocycles. The lowest BCUT2D eigenvalue weighted by Gasteiger charge is -2.15. The molecule has 1 heterocycles. The second-order valence-electron chi connectivity index (χ2n) is 6.63. The van der Waals surface area contributed by atoms with Crippen LogP contribution in [0.3, 0.4) is 0 Å². The summed E-state index contributed by atoms with van der Waals surface area (Å²) in [5, 5.41) is 14.6. The molecule has 10 heteroatoms. The van der Waals surface area contributed by atoms with E-state index in [1.165, 1.54) is 36.0 Å². The van der Waals surface area contributed by atoms with E-state index in [9.17, 15) is 14.0 Å². The minimum atomic E-state index is -0.420. The first-order chi connectivity index (χ1) is 14.9. The highest BCUT2D eigenvalue weighted by Crippen LogP contribution is 2.21. The summed E-state index contributed by atoms with van der Waals surface area (Å²) in [7, 11) is 0. The third kappa shape index (κ3) is 6.14. The Morgan fingerprint density at radius 3 is 2.45 bits per heavy atom. The van der Waals surface area contributed by atoms with Crippen LogP contribution in [0.4, 0.5) is 10.1 Å². The molecule has 7 nitrogen and oxygen atoms in total. The van der Waals surface area contributed by atoms with Crippen molar-refractivity contribution in [1.82, 2.24) is 20.1 Å². The van der Waals surface area contributed by atoms with Gasteiger partial charge in [0.1, 0.15) is 5.82 Å². The molecule has 3 aromatic rings. The maximum atomic E-state index is 13.1. The molecule has 0 bridgehead atoms. The highest BCUT2D eigenvalue weighted by atomic mass is 79.9. The third-order valence-corrected chi connectivity index (χ3v) is 5.86. The van der Waals surface area contributed by atoms with E-state index in [4.69, 9.17) is 0 Å². The van der Waals surface area contributed by atoms with Gasteiger partial charge in [0.15, 0.2) is 11.0 Å². The van der Waals surface area contributed by atoms with Crippen molar-refractivity contribution in [3.05, 3.63) is 70.2 Å². The number of halogens is 2. The molecule has 0 saturated carbocycles. The Balaban J connectivity index is 1.61. The number of nitrogens with zero attached hydrogens (tertiary/aromatic N) is 3. The van der Waals surface area contributed by atoms with E-state index in [2.05, 4.69) is 36.8 Å². The molecule has 0 aliphatic rings. The topological polar surface area (TPSA) is 88.9 Å². The zero-order valence-corrected chi connectivity index (χ0v) is 19.3. The minimum Gasteiger partial charge on any atom is -0.342 e.